The summed E-state index contributed by atoms with van der Waals surface area (Å²) in [5.41, 5.74) is 0.699. The van der Waals surface area contributed by atoms with Crippen molar-refractivity contribution in [3.8, 4) is 0 Å². The molecule has 1 aromatic rings. The minimum Gasteiger partial charge on any atom is -0.481 e. The Hall–Kier alpha value is -1.47. The molecule has 0 radical (unpaired) electrons. The van der Waals surface area contributed by atoms with Crippen LogP contribution in [0.5, 0.6) is 0 Å². The number of nitrogens with zero attached hydrogens (tertiary/aromatic N) is 2. The Morgan fingerprint density at radius 1 is 1.41 bits per heavy atom. The molecule has 1 heterocycles. The van der Waals surface area contributed by atoms with Crippen molar-refractivity contribution in [2.45, 2.75) is 34.1 Å². The summed E-state index contributed by atoms with van der Waals surface area (Å²) in [5, 5.41) is 9.91. The van der Waals surface area contributed by atoms with Crippen molar-refractivity contribution in [1.29, 1.82) is 0 Å². The average Bonchev–Trinajstić information content (AvgIpc) is 2.79. The van der Waals surface area contributed by atoms with Crippen molar-refractivity contribution in [3.05, 3.63) is 15.6 Å². The van der Waals surface area contributed by atoms with Crippen LogP contribution in [0.2, 0.25) is 0 Å². The second kappa shape index (κ2) is 8.85. The lowest BCUT2D eigenvalue weighted by atomic mass is 10.1. The largest absolute Gasteiger partial charge is 0.481 e. The van der Waals surface area contributed by atoms with Gasteiger partial charge in [0.15, 0.2) is 0 Å². The minimum absolute atomic E-state index is 0.146. The summed E-state index contributed by atoms with van der Waals surface area (Å²) in [6.45, 7) is 9.04. The first-order valence-corrected chi connectivity index (χ1v) is 8.22. The molecular formula is C15H24N2O4S. The number of aliphatic carboxylic acids is 1. The average molecular weight is 328 g/mol. The van der Waals surface area contributed by atoms with Gasteiger partial charge in [0, 0.05) is 26.3 Å². The third kappa shape index (κ3) is 5.38. The first-order chi connectivity index (χ1) is 10.4. The Bertz CT molecular complexity index is 516. The van der Waals surface area contributed by atoms with E-state index in [1.54, 1.807) is 18.7 Å². The number of amides is 1. The molecule has 1 aromatic heterocycles. The molecule has 1 N–H and O–H groups in total. The maximum absolute atomic E-state index is 12.7. The number of carbonyl (C=O) groups excluding carboxylic acids is 1. The van der Waals surface area contributed by atoms with Gasteiger partial charge in [-0.15, -0.1) is 11.3 Å². The van der Waals surface area contributed by atoms with Crippen molar-refractivity contribution in [3.63, 3.8) is 0 Å². The van der Waals surface area contributed by atoms with Gasteiger partial charge >= 0.3 is 5.97 Å². The van der Waals surface area contributed by atoms with Gasteiger partial charge in [-0.05, 0) is 27.2 Å². The van der Waals surface area contributed by atoms with Crippen LogP contribution in [-0.4, -0.2) is 53.2 Å². The second-order valence-corrected chi connectivity index (χ2v) is 6.39. The first-order valence-electron chi connectivity index (χ1n) is 7.40. The van der Waals surface area contributed by atoms with E-state index < -0.39 is 11.9 Å². The van der Waals surface area contributed by atoms with Crippen LogP contribution < -0.4 is 0 Å². The minimum atomic E-state index is -0.903. The Balaban J connectivity index is 2.80. The topological polar surface area (TPSA) is 79.7 Å². The van der Waals surface area contributed by atoms with Gasteiger partial charge in [0.05, 0.1) is 16.6 Å². The zero-order valence-electron chi connectivity index (χ0n) is 13.6. The van der Waals surface area contributed by atoms with Gasteiger partial charge in [-0.3, -0.25) is 9.59 Å². The third-order valence-electron chi connectivity index (χ3n) is 3.22. The van der Waals surface area contributed by atoms with Crippen LogP contribution in [0.4, 0.5) is 0 Å². The maximum atomic E-state index is 12.7. The highest BCUT2D eigenvalue weighted by molar-refractivity contribution is 7.13. The summed E-state index contributed by atoms with van der Waals surface area (Å²) in [7, 11) is 0. The molecular weight excluding hydrogens is 304 g/mol. The molecule has 0 saturated carbocycles. The zero-order chi connectivity index (χ0) is 16.7. The summed E-state index contributed by atoms with van der Waals surface area (Å²) < 4.78 is 5.29. The molecule has 0 aromatic carbocycles. The Morgan fingerprint density at radius 2 is 2.09 bits per heavy atom. The lowest BCUT2D eigenvalue weighted by molar-refractivity contribution is -0.141. The molecule has 22 heavy (non-hydrogen) atoms. The van der Waals surface area contributed by atoms with Crippen molar-refractivity contribution in [2.75, 3.05) is 26.3 Å². The standard InChI is InChI=1S/C15H24N2O4S/c1-5-21-8-6-7-17(9-10(2)15(19)20)14(18)13-11(3)16-12(4)22-13/h10H,5-9H2,1-4H3,(H,19,20). The van der Waals surface area contributed by atoms with Crippen molar-refractivity contribution in [2.24, 2.45) is 5.92 Å². The van der Waals surface area contributed by atoms with E-state index in [1.165, 1.54) is 11.3 Å². The van der Waals surface area contributed by atoms with E-state index >= 15 is 0 Å². The van der Waals surface area contributed by atoms with Crippen LogP contribution in [0.15, 0.2) is 0 Å². The molecule has 7 heteroatoms. The number of ether oxygens (including phenoxy) is 1. The number of hydrogen-bond donors (Lipinski definition) is 1. The molecule has 124 valence electrons. The molecule has 1 atom stereocenters. The molecule has 0 bridgehead atoms. The van der Waals surface area contributed by atoms with Crippen LogP contribution >= 0.6 is 11.3 Å². The van der Waals surface area contributed by atoms with Gasteiger partial charge in [0.1, 0.15) is 4.88 Å². The highest BCUT2D eigenvalue weighted by Crippen LogP contribution is 2.20. The zero-order valence-corrected chi connectivity index (χ0v) is 14.4. The van der Waals surface area contributed by atoms with Gasteiger partial charge in [-0.1, -0.05) is 6.92 Å². The lowest BCUT2D eigenvalue weighted by Crippen LogP contribution is -2.38. The number of carboxylic acids is 1. The van der Waals surface area contributed by atoms with Crippen LogP contribution in [0.25, 0.3) is 0 Å². The molecule has 0 saturated heterocycles. The van der Waals surface area contributed by atoms with E-state index in [-0.39, 0.29) is 12.5 Å². The molecule has 0 aliphatic heterocycles. The fourth-order valence-corrected chi connectivity index (χ4v) is 2.95. The van der Waals surface area contributed by atoms with E-state index in [4.69, 9.17) is 9.84 Å². The van der Waals surface area contributed by atoms with Gasteiger partial charge in [0.2, 0.25) is 0 Å². The monoisotopic (exact) mass is 328 g/mol. The molecule has 0 fully saturated rings. The van der Waals surface area contributed by atoms with Crippen molar-refractivity contribution in [1.82, 2.24) is 9.88 Å². The predicted molar refractivity (Wildman–Crippen MR) is 85.4 cm³/mol. The number of aryl methyl sites for hydroxylation is 2. The van der Waals surface area contributed by atoms with Crippen LogP contribution in [-0.2, 0) is 9.53 Å². The maximum Gasteiger partial charge on any atom is 0.308 e. The molecule has 0 aliphatic rings. The summed E-state index contributed by atoms with van der Waals surface area (Å²) in [6.07, 6.45) is 0.683. The van der Waals surface area contributed by atoms with Gasteiger partial charge < -0.3 is 14.7 Å². The summed E-state index contributed by atoms with van der Waals surface area (Å²) in [5.74, 6) is -1.65. The molecule has 0 aliphatic carbocycles. The fraction of sp³-hybridized carbons (Fsp3) is 0.667. The van der Waals surface area contributed by atoms with Crippen molar-refractivity contribution >= 4 is 23.2 Å². The van der Waals surface area contributed by atoms with Gasteiger partial charge in [-0.2, -0.15) is 0 Å². The number of hydrogen-bond acceptors (Lipinski definition) is 5. The second-order valence-electron chi connectivity index (χ2n) is 5.19. The molecule has 1 rings (SSSR count). The Morgan fingerprint density at radius 3 is 2.59 bits per heavy atom. The lowest BCUT2D eigenvalue weighted by Gasteiger charge is -2.24. The van der Waals surface area contributed by atoms with Crippen molar-refractivity contribution < 1.29 is 19.4 Å². The summed E-state index contributed by atoms with van der Waals surface area (Å²) in [4.78, 5) is 30.2. The van der Waals surface area contributed by atoms with Crippen LogP contribution in [0.1, 0.15) is 40.6 Å². The van der Waals surface area contributed by atoms with Gasteiger partial charge in [0.25, 0.3) is 5.91 Å². The number of carbonyl (C=O) groups is 2. The van der Waals surface area contributed by atoms with E-state index in [9.17, 15) is 9.59 Å². The first kappa shape index (κ1) is 18.6. The smallest absolute Gasteiger partial charge is 0.308 e. The molecule has 1 unspecified atom stereocenters. The third-order valence-corrected chi connectivity index (χ3v) is 4.28. The number of aromatic nitrogens is 1. The molecule has 0 spiro atoms. The summed E-state index contributed by atoms with van der Waals surface area (Å²) >= 11 is 1.35. The Kier molecular flexibility index (Phi) is 7.47. The Labute approximate surface area is 135 Å². The highest BCUT2D eigenvalue weighted by Gasteiger charge is 2.24. The normalized spacial score (nSPS) is 12.2. The number of rotatable bonds is 9. The van der Waals surface area contributed by atoms with Crippen LogP contribution in [0, 0.1) is 19.8 Å². The molecule has 6 nitrogen and oxygen atoms in total. The van der Waals surface area contributed by atoms with E-state index in [2.05, 4.69) is 4.98 Å². The highest BCUT2D eigenvalue weighted by atomic mass is 32.1. The van der Waals surface area contributed by atoms with Crippen LogP contribution in [0.3, 0.4) is 0 Å². The quantitative estimate of drug-likeness (QED) is 0.704. The van der Waals surface area contributed by atoms with E-state index in [1.807, 2.05) is 13.8 Å². The predicted octanol–water partition coefficient (Wildman–Crippen LogP) is 2.35. The number of thiazole rings is 1. The van der Waals surface area contributed by atoms with E-state index in [0.717, 1.165) is 5.01 Å². The molecule has 1 amide bonds. The number of carboxylic acid groups (broad SMARTS) is 1. The SMILES string of the molecule is CCOCCCN(CC(C)C(=O)O)C(=O)c1sc(C)nc1C. The fourth-order valence-electron chi connectivity index (χ4n) is 2.06. The van der Waals surface area contributed by atoms with E-state index in [0.29, 0.717) is 36.8 Å². The summed E-state index contributed by atoms with van der Waals surface area (Å²) in [6, 6.07) is 0. The van der Waals surface area contributed by atoms with Gasteiger partial charge in [-0.25, -0.2) is 4.98 Å².